The lowest BCUT2D eigenvalue weighted by Crippen LogP contribution is -2.42. The Balaban J connectivity index is 2.04. The van der Waals surface area contributed by atoms with E-state index >= 15 is 0 Å². The van der Waals surface area contributed by atoms with Crippen LogP contribution in [0.15, 0.2) is 4.99 Å². The van der Waals surface area contributed by atoms with Gasteiger partial charge in [0.2, 0.25) is 5.96 Å². The van der Waals surface area contributed by atoms with Crippen molar-refractivity contribution >= 4 is 17.8 Å². The number of amides is 2. The van der Waals surface area contributed by atoms with E-state index in [0.717, 1.165) is 32.6 Å². The number of aliphatic imine (C=N–C) groups is 1. The molecule has 0 atom stereocenters. The Morgan fingerprint density at radius 1 is 1.21 bits per heavy atom. The molecule has 0 bridgehead atoms. The van der Waals surface area contributed by atoms with E-state index in [9.17, 15) is 9.59 Å². The first-order valence-corrected chi connectivity index (χ1v) is 4.67. The number of hydrogen-bond acceptors (Lipinski definition) is 4. The molecule has 2 aliphatic rings. The van der Waals surface area contributed by atoms with E-state index in [2.05, 4.69) is 15.6 Å². The summed E-state index contributed by atoms with van der Waals surface area (Å²) in [6, 6.07) is 0. The summed E-state index contributed by atoms with van der Waals surface area (Å²) in [6.07, 6.45) is 0.989. The van der Waals surface area contributed by atoms with Crippen molar-refractivity contribution < 1.29 is 9.59 Å². The van der Waals surface area contributed by atoms with E-state index in [1.165, 1.54) is 0 Å². The molecule has 1 saturated heterocycles. The van der Waals surface area contributed by atoms with Gasteiger partial charge in [-0.1, -0.05) is 0 Å². The molecule has 2 amide bonds. The van der Waals surface area contributed by atoms with Gasteiger partial charge in [-0.2, -0.15) is 4.99 Å². The summed E-state index contributed by atoms with van der Waals surface area (Å²) in [5.74, 6) is -0.918. The highest BCUT2D eigenvalue weighted by Crippen LogP contribution is 2.00. The van der Waals surface area contributed by atoms with E-state index in [-0.39, 0.29) is 0 Å². The molecule has 0 spiro atoms. The minimum atomic E-state index is -0.697. The van der Waals surface area contributed by atoms with E-state index in [1.807, 2.05) is 4.90 Å². The van der Waals surface area contributed by atoms with Crippen molar-refractivity contribution in [1.29, 1.82) is 0 Å². The third-order valence-electron chi connectivity index (χ3n) is 2.27. The minimum Gasteiger partial charge on any atom is -0.341 e. The van der Waals surface area contributed by atoms with Gasteiger partial charge in [0.25, 0.3) is 0 Å². The van der Waals surface area contributed by atoms with E-state index < -0.39 is 11.8 Å². The number of nitrogens with one attached hydrogen (secondary N) is 2. The van der Waals surface area contributed by atoms with Gasteiger partial charge in [0.15, 0.2) is 0 Å². The molecule has 6 heteroatoms. The molecule has 6 nitrogen and oxygen atoms in total. The Labute approximate surface area is 81.4 Å². The van der Waals surface area contributed by atoms with E-state index in [0.29, 0.717) is 5.96 Å². The summed E-state index contributed by atoms with van der Waals surface area (Å²) in [5.41, 5.74) is 0. The predicted molar refractivity (Wildman–Crippen MR) is 49.6 cm³/mol. The van der Waals surface area contributed by atoms with Gasteiger partial charge < -0.3 is 10.2 Å². The molecule has 1 fully saturated rings. The highest BCUT2D eigenvalue weighted by atomic mass is 16.2. The lowest BCUT2D eigenvalue weighted by atomic mass is 10.4. The fourth-order valence-corrected chi connectivity index (χ4v) is 1.54. The molecular weight excluding hydrogens is 184 g/mol. The Bertz CT molecular complexity index is 292. The van der Waals surface area contributed by atoms with Crippen LogP contribution in [0.25, 0.3) is 0 Å². The maximum absolute atomic E-state index is 10.9. The average Bonchev–Trinajstić information content (AvgIpc) is 2.46. The molecule has 0 unspecified atom stereocenters. The maximum atomic E-state index is 10.9. The number of nitrogens with zero attached hydrogens (tertiary/aromatic N) is 2. The number of guanidine groups is 1. The van der Waals surface area contributed by atoms with Crippen LogP contribution >= 0.6 is 0 Å². The third-order valence-corrected chi connectivity index (χ3v) is 2.27. The third kappa shape index (κ3) is 1.74. The topological polar surface area (TPSA) is 73.8 Å². The predicted octanol–water partition coefficient (Wildman–Crippen LogP) is -1.71. The molecule has 2 heterocycles. The van der Waals surface area contributed by atoms with E-state index in [1.54, 1.807) is 0 Å². The minimum absolute atomic E-state index is 0.406. The summed E-state index contributed by atoms with van der Waals surface area (Å²) < 4.78 is 0. The lowest BCUT2D eigenvalue weighted by molar-refractivity contribution is -0.135. The lowest BCUT2D eigenvalue weighted by Gasteiger charge is -2.20. The van der Waals surface area contributed by atoms with Gasteiger partial charge in [0.05, 0.1) is 0 Å². The zero-order valence-electron chi connectivity index (χ0n) is 7.75. The maximum Gasteiger partial charge on any atom is 0.338 e. The summed E-state index contributed by atoms with van der Waals surface area (Å²) >= 11 is 0. The van der Waals surface area contributed by atoms with Crippen molar-refractivity contribution in [1.82, 2.24) is 15.5 Å². The monoisotopic (exact) mass is 196 g/mol. The van der Waals surface area contributed by atoms with Gasteiger partial charge in [-0.25, -0.2) is 0 Å². The van der Waals surface area contributed by atoms with E-state index in [4.69, 9.17) is 0 Å². The number of rotatable bonds is 0. The van der Waals surface area contributed by atoms with Crippen LogP contribution in [0.3, 0.4) is 0 Å². The average molecular weight is 196 g/mol. The first kappa shape index (κ1) is 9.14. The highest BCUT2D eigenvalue weighted by Gasteiger charge is 2.27. The summed E-state index contributed by atoms with van der Waals surface area (Å²) in [6.45, 7) is 3.40. The summed E-state index contributed by atoms with van der Waals surface area (Å²) in [4.78, 5) is 27.3. The molecule has 0 radical (unpaired) electrons. The first-order chi connectivity index (χ1) is 6.77. The van der Waals surface area contributed by atoms with Crippen molar-refractivity contribution in [2.45, 2.75) is 6.42 Å². The molecule has 0 aromatic rings. The number of carbonyl (C=O) groups excluding carboxylic acids is 2. The quantitative estimate of drug-likeness (QED) is 0.453. The molecular formula is C8H12N4O2. The van der Waals surface area contributed by atoms with Crippen LogP contribution < -0.4 is 10.6 Å². The largest absolute Gasteiger partial charge is 0.341 e. The van der Waals surface area contributed by atoms with Gasteiger partial charge in [0.1, 0.15) is 0 Å². The SMILES string of the molecule is O=C1N=C(N2CCCNCC2)NC1=O. The van der Waals surface area contributed by atoms with Gasteiger partial charge >= 0.3 is 11.8 Å². The van der Waals surface area contributed by atoms with Crippen LogP contribution in [-0.2, 0) is 9.59 Å². The Morgan fingerprint density at radius 2 is 2.07 bits per heavy atom. The molecule has 0 aromatic carbocycles. The van der Waals surface area contributed by atoms with Crippen LogP contribution in [0.5, 0.6) is 0 Å². The van der Waals surface area contributed by atoms with Crippen molar-refractivity contribution in [2.24, 2.45) is 4.99 Å². The number of carbonyl (C=O) groups is 2. The molecule has 0 saturated carbocycles. The molecule has 14 heavy (non-hydrogen) atoms. The Hall–Kier alpha value is -1.43. The van der Waals surface area contributed by atoms with Gasteiger partial charge in [-0.3, -0.25) is 14.9 Å². The second kappa shape index (κ2) is 3.75. The van der Waals surface area contributed by atoms with Crippen molar-refractivity contribution in [3.05, 3.63) is 0 Å². The van der Waals surface area contributed by atoms with Gasteiger partial charge in [0, 0.05) is 19.6 Å². The Morgan fingerprint density at radius 3 is 2.79 bits per heavy atom. The summed E-state index contributed by atoms with van der Waals surface area (Å²) in [5, 5.41) is 5.69. The molecule has 2 N–H and O–H groups in total. The van der Waals surface area contributed by atoms with Crippen LogP contribution in [-0.4, -0.2) is 48.9 Å². The standard InChI is InChI=1S/C8H12N4O2/c13-6-7(14)11-8(10-6)12-4-1-2-9-3-5-12/h9H,1-5H2,(H,10,11,13,14). The molecule has 0 aliphatic carbocycles. The number of hydrogen-bond donors (Lipinski definition) is 2. The van der Waals surface area contributed by atoms with Crippen LogP contribution in [0.2, 0.25) is 0 Å². The smallest absolute Gasteiger partial charge is 0.338 e. The van der Waals surface area contributed by atoms with Crippen LogP contribution in [0.4, 0.5) is 0 Å². The van der Waals surface area contributed by atoms with Crippen LogP contribution in [0, 0.1) is 0 Å². The molecule has 2 rings (SSSR count). The fraction of sp³-hybridized carbons (Fsp3) is 0.625. The van der Waals surface area contributed by atoms with Gasteiger partial charge in [-0.05, 0) is 13.0 Å². The first-order valence-electron chi connectivity index (χ1n) is 4.67. The molecule has 76 valence electrons. The Kier molecular flexibility index (Phi) is 2.45. The van der Waals surface area contributed by atoms with Crippen LogP contribution in [0.1, 0.15) is 6.42 Å². The fourth-order valence-electron chi connectivity index (χ4n) is 1.54. The van der Waals surface area contributed by atoms with Crippen molar-refractivity contribution in [2.75, 3.05) is 26.2 Å². The summed E-state index contributed by atoms with van der Waals surface area (Å²) in [7, 11) is 0. The second-order valence-electron chi connectivity index (χ2n) is 3.29. The zero-order chi connectivity index (χ0) is 9.97. The van der Waals surface area contributed by atoms with Crippen molar-refractivity contribution in [3.63, 3.8) is 0 Å². The molecule has 2 aliphatic heterocycles. The highest BCUT2D eigenvalue weighted by molar-refractivity contribution is 6.43. The normalized spacial score (nSPS) is 23.1. The molecule has 0 aromatic heterocycles. The van der Waals surface area contributed by atoms with Crippen molar-refractivity contribution in [3.8, 4) is 0 Å². The zero-order valence-corrected chi connectivity index (χ0v) is 7.75. The van der Waals surface area contributed by atoms with Gasteiger partial charge in [-0.15, -0.1) is 0 Å². The second-order valence-corrected chi connectivity index (χ2v) is 3.29.